The molecule has 0 aliphatic heterocycles. The van der Waals surface area contributed by atoms with Crippen LogP contribution in [-0.2, 0) is 4.74 Å². The SMILES string of the molecule is COCCOc1ccc(Br)cc1C(=O)Oc1ccc(Br)cc1C(C)C. The fraction of sp³-hybridized carbons (Fsp3) is 0.316. The van der Waals surface area contributed by atoms with Crippen LogP contribution < -0.4 is 9.47 Å². The lowest BCUT2D eigenvalue weighted by Gasteiger charge is -2.15. The van der Waals surface area contributed by atoms with Crippen LogP contribution in [0.25, 0.3) is 0 Å². The zero-order valence-electron chi connectivity index (χ0n) is 14.3. The van der Waals surface area contributed by atoms with Gasteiger partial charge in [0.1, 0.15) is 23.7 Å². The van der Waals surface area contributed by atoms with Gasteiger partial charge in [-0.05, 0) is 47.9 Å². The molecular formula is C19H20Br2O4. The van der Waals surface area contributed by atoms with Gasteiger partial charge in [0.05, 0.1) is 6.61 Å². The highest BCUT2D eigenvalue weighted by Crippen LogP contribution is 2.31. The monoisotopic (exact) mass is 470 g/mol. The molecule has 0 amide bonds. The first-order valence-corrected chi connectivity index (χ1v) is 9.44. The summed E-state index contributed by atoms with van der Waals surface area (Å²) >= 11 is 6.84. The van der Waals surface area contributed by atoms with E-state index in [-0.39, 0.29) is 5.92 Å². The lowest BCUT2D eigenvalue weighted by atomic mass is 10.0. The van der Waals surface area contributed by atoms with E-state index in [0.717, 1.165) is 14.5 Å². The minimum Gasteiger partial charge on any atom is -0.490 e. The van der Waals surface area contributed by atoms with Gasteiger partial charge < -0.3 is 14.2 Å². The van der Waals surface area contributed by atoms with Crippen molar-refractivity contribution in [3.05, 3.63) is 56.5 Å². The van der Waals surface area contributed by atoms with Crippen molar-refractivity contribution in [2.75, 3.05) is 20.3 Å². The smallest absolute Gasteiger partial charge is 0.347 e. The average Bonchev–Trinajstić information content (AvgIpc) is 2.57. The van der Waals surface area contributed by atoms with E-state index in [1.54, 1.807) is 25.3 Å². The average molecular weight is 472 g/mol. The van der Waals surface area contributed by atoms with Crippen LogP contribution >= 0.6 is 31.9 Å². The molecule has 0 fully saturated rings. The maximum Gasteiger partial charge on any atom is 0.347 e. The summed E-state index contributed by atoms with van der Waals surface area (Å²) in [6, 6.07) is 10.9. The molecule has 0 aromatic heterocycles. The van der Waals surface area contributed by atoms with Crippen molar-refractivity contribution in [1.29, 1.82) is 0 Å². The summed E-state index contributed by atoms with van der Waals surface area (Å²) in [7, 11) is 1.60. The Morgan fingerprint density at radius 1 is 1.00 bits per heavy atom. The molecule has 0 spiro atoms. The standard InChI is InChI=1S/C19H20Br2O4/c1-12(2)15-10-13(20)5-7-18(15)25-19(22)16-11-14(21)4-6-17(16)24-9-8-23-3/h4-7,10-12H,8-9H2,1-3H3. The molecular weight excluding hydrogens is 452 g/mol. The van der Waals surface area contributed by atoms with Gasteiger partial charge in [-0.3, -0.25) is 0 Å². The molecule has 2 rings (SSSR count). The van der Waals surface area contributed by atoms with E-state index in [0.29, 0.717) is 30.3 Å². The number of carbonyl (C=O) groups is 1. The molecule has 0 saturated carbocycles. The molecule has 134 valence electrons. The van der Waals surface area contributed by atoms with Crippen LogP contribution in [0.5, 0.6) is 11.5 Å². The Morgan fingerprint density at radius 2 is 1.64 bits per heavy atom. The van der Waals surface area contributed by atoms with Gasteiger partial charge >= 0.3 is 5.97 Å². The van der Waals surface area contributed by atoms with Crippen molar-refractivity contribution < 1.29 is 19.0 Å². The normalized spacial score (nSPS) is 10.8. The van der Waals surface area contributed by atoms with Crippen molar-refractivity contribution in [3.63, 3.8) is 0 Å². The summed E-state index contributed by atoms with van der Waals surface area (Å²) in [5, 5.41) is 0. The summed E-state index contributed by atoms with van der Waals surface area (Å²) in [6.07, 6.45) is 0. The molecule has 0 atom stereocenters. The minimum absolute atomic E-state index is 0.222. The number of methoxy groups -OCH3 is 1. The van der Waals surface area contributed by atoms with Crippen molar-refractivity contribution in [2.24, 2.45) is 0 Å². The van der Waals surface area contributed by atoms with E-state index in [4.69, 9.17) is 14.2 Å². The first-order chi connectivity index (χ1) is 11.9. The van der Waals surface area contributed by atoms with Gasteiger partial charge in [0.2, 0.25) is 0 Å². The molecule has 0 aliphatic rings. The Labute approximate surface area is 164 Å². The van der Waals surface area contributed by atoms with E-state index in [2.05, 4.69) is 45.7 Å². The van der Waals surface area contributed by atoms with Gasteiger partial charge in [-0.1, -0.05) is 45.7 Å². The molecule has 4 nitrogen and oxygen atoms in total. The number of halogens is 2. The van der Waals surface area contributed by atoms with Gasteiger partial charge in [-0.25, -0.2) is 4.79 Å². The van der Waals surface area contributed by atoms with Crippen molar-refractivity contribution in [3.8, 4) is 11.5 Å². The highest BCUT2D eigenvalue weighted by atomic mass is 79.9. The van der Waals surface area contributed by atoms with Crippen molar-refractivity contribution >= 4 is 37.8 Å². The third-order valence-electron chi connectivity index (χ3n) is 3.50. The second-order valence-electron chi connectivity index (χ2n) is 5.71. The van der Waals surface area contributed by atoms with Crippen LogP contribution in [-0.4, -0.2) is 26.3 Å². The molecule has 0 saturated heterocycles. The first kappa shape index (κ1) is 19.9. The van der Waals surface area contributed by atoms with E-state index in [1.807, 2.05) is 18.2 Å². The second-order valence-corrected chi connectivity index (χ2v) is 7.54. The highest BCUT2D eigenvalue weighted by Gasteiger charge is 2.18. The number of esters is 1. The maximum atomic E-state index is 12.7. The third kappa shape index (κ3) is 5.56. The number of benzene rings is 2. The van der Waals surface area contributed by atoms with E-state index >= 15 is 0 Å². The number of hydrogen-bond acceptors (Lipinski definition) is 4. The third-order valence-corrected chi connectivity index (χ3v) is 4.49. The zero-order valence-corrected chi connectivity index (χ0v) is 17.5. The van der Waals surface area contributed by atoms with Crippen LogP contribution in [0.4, 0.5) is 0 Å². The van der Waals surface area contributed by atoms with Gasteiger partial charge in [-0.2, -0.15) is 0 Å². The van der Waals surface area contributed by atoms with E-state index in [9.17, 15) is 4.79 Å². The predicted octanol–water partition coefficient (Wildman–Crippen LogP) is 5.58. The van der Waals surface area contributed by atoms with Gasteiger partial charge in [0.15, 0.2) is 0 Å². The molecule has 0 N–H and O–H groups in total. The molecule has 0 heterocycles. The summed E-state index contributed by atoms with van der Waals surface area (Å²) in [5.74, 6) is 0.776. The second kappa shape index (κ2) is 9.36. The Kier molecular flexibility index (Phi) is 7.47. The van der Waals surface area contributed by atoms with E-state index < -0.39 is 5.97 Å². The molecule has 2 aromatic carbocycles. The quantitative estimate of drug-likeness (QED) is 0.300. The number of ether oxygens (including phenoxy) is 3. The predicted molar refractivity (Wildman–Crippen MR) is 105 cm³/mol. The van der Waals surface area contributed by atoms with E-state index in [1.165, 1.54) is 0 Å². The first-order valence-electron chi connectivity index (χ1n) is 7.85. The van der Waals surface area contributed by atoms with Crippen LogP contribution in [0.15, 0.2) is 45.3 Å². The van der Waals surface area contributed by atoms with Crippen LogP contribution in [0.1, 0.15) is 35.7 Å². The molecule has 0 radical (unpaired) electrons. The molecule has 0 aliphatic carbocycles. The summed E-state index contributed by atoms with van der Waals surface area (Å²) in [5.41, 5.74) is 1.32. The van der Waals surface area contributed by atoms with Crippen LogP contribution in [0, 0.1) is 0 Å². The molecule has 0 bridgehead atoms. The van der Waals surface area contributed by atoms with Crippen molar-refractivity contribution in [1.82, 2.24) is 0 Å². The molecule has 6 heteroatoms. The lowest BCUT2D eigenvalue weighted by Crippen LogP contribution is -2.14. The summed E-state index contributed by atoms with van der Waals surface area (Å²) < 4.78 is 18.0. The van der Waals surface area contributed by atoms with Crippen molar-refractivity contribution in [2.45, 2.75) is 19.8 Å². The Bertz CT molecular complexity index is 744. The number of hydrogen-bond donors (Lipinski definition) is 0. The molecule has 0 unspecified atom stereocenters. The zero-order chi connectivity index (χ0) is 18.4. The molecule has 2 aromatic rings. The largest absolute Gasteiger partial charge is 0.490 e. The van der Waals surface area contributed by atoms with Gasteiger partial charge in [0.25, 0.3) is 0 Å². The summed E-state index contributed by atoms with van der Waals surface area (Å²) in [4.78, 5) is 12.7. The van der Waals surface area contributed by atoms with Gasteiger partial charge in [0, 0.05) is 16.1 Å². The van der Waals surface area contributed by atoms with Crippen LogP contribution in [0.2, 0.25) is 0 Å². The Morgan fingerprint density at radius 3 is 2.28 bits per heavy atom. The Hall–Kier alpha value is -1.37. The molecule has 25 heavy (non-hydrogen) atoms. The minimum atomic E-state index is -0.460. The van der Waals surface area contributed by atoms with Gasteiger partial charge in [-0.15, -0.1) is 0 Å². The summed E-state index contributed by atoms with van der Waals surface area (Å²) in [6.45, 7) is 4.90. The number of rotatable bonds is 7. The fourth-order valence-corrected chi connectivity index (χ4v) is 2.98. The Balaban J connectivity index is 2.28. The highest BCUT2D eigenvalue weighted by molar-refractivity contribution is 9.10. The number of carbonyl (C=O) groups excluding carboxylic acids is 1. The lowest BCUT2D eigenvalue weighted by molar-refractivity contribution is 0.0725. The fourth-order valence-electron chi connectivity index (χ4n) is 2.24. The van der Waals surface area contributed by atoms with Crippen LogP contribution in [0.3, 0.4) is 0 Å². The maximum absolute atomic E-state index is 12.7. The topological polar surface area (TPSA) is 44.8 Å².